The van der Waals surface area contributed by atoms with Gasteiger partial charge in [0.1, 0.15) is 10.0 Å². The average molecular weight is 431 g/mol. The molecule has 152 valence electrons. The van der Waals surface area contributed by atoms with Crippen LogP contribution < -0.4 is 0 Å². The van der Waals surface area contributed by atoms with E-state index in [1.54, 1.807) is 26.0 Å². The highest BCUT2D eigenvalue weighted by Crippen LogP contribution is 2.31. The molecule has 0 amide bonds. The van der Waals surface area contributed by atoms with Crippen LogP contribution in [0.15, 0.2) is 64.4 Å². The molecular weight excluding hydrogens is 412 g/mol. The van der Waals surface area contributed by atoms with Gasteiger partial charge in [0.15, 0.2) is 0 Å². The number of hydrogen-bond acceptors (Lipinski definition) is 6. The van der Waals surface area contributed by atoms with Crippen molar-refractivity contribution in [3.63, 3.8) is 0 Å². The third kappa shape index (κ3) is 5.09. The molecule has 1 heterocycles. The summed E-state index contributed by atoms with van der Waals surface area (Å²) in [6.07, 6.45) is 0. The Morgan fingerprint density at radius 2 is 1.21 bits per heavy atom. The van der Waals surface area contributed by atoms with Crippen LogP contribution in [-0.4, -0.2) is 26.8 Å². The first-order valence-corrected chi connectivity index (χ1v) is 11.4. The van der Waals surface area contributed by atoms with Crippen LogP contribution in [0.3, 0.4) is 0 Å². The first-order chi connectivity index (χ1) is 13.5. The van der Waals surface area contributed by atoms with Crippen molar-refractivity contribution in [1.29, 1.82) is 0 Å². The average Bonchev–Trinajstić information content (AvgIpc) is 2.61. The standard InChI is InChI=1S/C19H18N4O4S2/c1-13-4-8-17(9-5-13)28(24,25)22-16-6-10-18(11-7-16)29(26,27)23-19-12-14(2)20-15(3)21-19/h4-12H,1-3H3/q-2. The third-order valence-electron chi connectivity index (χ3n) is 3.85. The number of rotatable bonds is 6. The van der Waals surface area contributed by atoms with Crippen LogP contribution in [0.4, 0.5) is 11.5 Å². The largest absolute Gasteiger partial charge is 0.573 e. The Kier molecular flexibility index (Phi) is 5.58. The van der Waals surface area contributed by atoms with Crippen LogP contribution in [0.25, 0.3) is 9.44 Å². The molecule has 8 nitrogen and oxygen atoms in total. The molecule has 0 N–H and O–H groups in total. The van der Waals surface area contributed by atoms with E-state index in [2.05, 4.69) is 19.4 Å². The third-order valence-corrected chi connectivity index (χ3v) is 6.46. The summed E-state index contributed by atoms with van der Waals surface area (Å²) in [5.41, 5.74) is 1.64. The summed E-state index contributed by atoms with van der Waals surface area (Å²) >= 11 is 0. The predicted molar refractivity (Wildman–Crippen MR) is 110 cm³/mol. The van der Waals surface area contributed by atoms with Crippen molar-refractivity contribution in [3.8, 4) is 0 Å². The summed E-state index contributed by atoms with van der Waals surface area (Å²) in [6, 6.07) is 12.9. The summed E-state index contributed by atoms with van der Waals surface area (Å²) in [6.45, 7) is 5.20. The van der Waals surface area contributed by atoms with Gasteiger partial charge < -0.3 is 14.4 Å². The van der Waals surface area contributed by atoms with Gasteiger partial charge in [-0.25, -0.2) is 16.8 Å². The van der Waals surface area contributed by atoms with Crippen LogP contribution in [0.5, 0.6) is 0 Å². The van der Waals surface area contributed by atoms with Crippen molar-refractivity contribution in [2.24, 2.45) is 0 Å². The van der Waals surface area contributed by atoms with Gasteiger partial charge in [0.2, 0.25) is 10.0 Å². The van der Waals surface area contributed by atoms with Gasteiger partial charge in [-0.05, 0) is 56.9 Å². The number of aryl methyl sites for hydroxylation is 3. The summed E-state index contributed by atoms with van der Waals surface area (Å²) < 4.78 is 57.2. The molecule has 10 heteroatoms. The Bertz CT molecular complexity index is 1220. The van der Waals surface area contributed by atoms with E-state index >= 15 is 0 Å². The van der Waals surface area contributed by atoms with Gasteiger partial charge in [0.25, 0.3) is 0 Å². The molecule has 0 unspecified atom stereocenters. The fraction of sp³-hybridized carbons (Fsp3) is 0.158. The van der Waals surface area contributed by atoms with E-state index in [1.165, 1.54) is 42.5 Å². The van der Waals surface area contributed by atoms with Gasteiger partial charge in [-0.1, -0.05) is 29.8 Å². The number of nitrogens with zero attached hydrogens (tertiary/aromatic N) is 4. The topological polar surface area (TPSA) is 122 Å². The molecule has 0 aliphatic rings. The highest BCUT2D eigenvalue weighted by molar-refractivity contribution is 7.94. The van der Waals surface area contributed by atoms with Gasteiger partial charge in [-0.3, -0.25) is 4.98 Å². The first-order valence-electron chi connectivity index (χ1n) is 8.50. The van der Waals surface area contributed by atoms with Crippen molar-refractivity contribution in [3.05, 3.63) is 81.1 Å². The van der Waals surface area contributed by atoms with Crippen molar-refractivity contribution >= 4 is 31.6 Å². The second-order valence-corrected chi connectivity index (χ2v) is 9.56. The van der Waals surface area contributed by atoms with Crippen LogP contribution in [0.1, 0.15) is 17.1 Å². The second kappa shape index (κ2) is 7.80. The first kappa shape index (κ1) is 20.7. The zero-order chi connectivity index (χ0) is 21.2. The summed E-state index contributed by atoms with van der Waals surface area (Å²) in [5, 5.41) is 0. The smallest absolute Gasteiger partial charge is 0.202 e. The molecule has 29 heavy (non-hydrogen) atoms. The molecule has 2 aromatic carbocycles. The van der Waals surface area contributed by atoms with E-state index in [9.17, 15) is 16.8 Å². The Morgan fingerprint density at radius 3 is 1.76 bits per heavy atom. The lowest BCUT2D eigenvalue weighted by atomic mass is 10.2. The fourth-order valence-corrected chi connectivity index (χ4v) is 4.41. The van der Waals surface area contributed by atoms with Crippen LogP contribution in [0.2, 0.25) is 0 Å². The van der Waals surface area contributed by atoms with Gasteiger partial charge in [0.05, 0.1) is 9.79 Å². The maximum atomic E-state index is 12.5. The predicted octanol–water partition coefficient (Wildman–Crippen LogP) is 4.19. The summed E-state index contributed by atoms with van der Waals surface area (Å²) in [5.74, 6) is 0.445. The van der Waals surface area contributed by atoms with Crippen LogP contribution >= 0.6 is 0 Å². The molecule has 0 saturated heterocycles. The Labute approximate surface area is 170 Å². The van der Waals surface area contributed by atoms with E-state index in [-0.39, 0.29) is 21.3 Å². The SMILES string of the molecule is Cc1ccc(S(=O)(=O)[N-]c2ccc(S(=O)(=O)[N-]c3cc(C)nc(C)n3)cc2)cc1. The van der Waals surface area contributed by atoms with Gasteiger partial charge in [-0.2, -0.15) is 0 Å². The van der Waals surface area contributed by atoms with Crippen LogP contribution in [-0.2, 0) is 20.0 Å². The Morgan fingerprint density at radius 1 is 0.690 bits per heavy atom. The lowest BCUT2D eigenvalue weighted by Gasteiger charge is -2.22. The molecule has 0 aliphatic heterocycles. The zero-order valence-electron chi connectivity index (χ0n) is 15.9. The monoisotopic (exact) mass is 430 g/mol. The summed E-state index contributed by atoms with van der Waals surface area (Å²) in [7, 11) is -7.92. The molecule has 0 aliphatic carbocycles. The molecule has 1 aromatic heterocycles. The van der Waals surface area contributed by atoms with E-state index < -0.39 is 20.0 Å². The maximum Gasteiger partial charge on any atom is 0.202 e. The van der Waals surface area contributed by atoms with E-state index in [1.807, 2.05) is 6.92 Å². The Balaban J connectivity index is 1.79. The Hall–Kier alpha value is -2.98. The highest BCUT2D eigenvalue weighted by Gasteiger charge is 2.10. The van der Waals surface area contributed by atoms with Gasteiger partial charge >= 0.3 is 0 Å². The summed E-state index contributed by atoms with van der Waals surface area (Å²) in [4.78, 5) is 8.03. The maximum absolute atomic E-state index is 12.5. The van der Waals surface area contributed by atoms with Crippen molar-refractivity contribution in [2.75, 3.05) is 0 Å². The molecule has 0 saturated carbocycles. The molecule has 0 fully saturated rings. The number of sulfonamides is 2. The van der Waals surface area contributed by atoms with E-state index in [0.29, 0.717) is 11.5 Å². The van der Waals surface area contributed by atoms with Gasteiger partial charge in [-0.15, -0.1) is 5.69 Å². The minimum absolute atomic E-state index is 0.0331. The number of hydrogen-bond donors (Lipinski definition) is 0. The van der Waals surface area contributed by atoms with Gasteiger partial charge in [0, 0.05) is 11.5 Å². The fourth-order valence-electron chi connectivity index (χ4n) is 2.50. The lowest BCUT2D eigenvalue weighted by molar-refractivity contribution is 0.602. The van der Waals surface area contributed by atoms with Crippen molar-refractivity contribution < 1.29 is 16.8 Å². The molecule has 0 atom stereocenters. The minimum Gasteiger partial charge on any atom is -0.573 e. The van der Waals surface area contributed by atoms with Crippen molar-refractivity contribution in [2.45, 2.75) is 30.6 Å². The molecule has 0 bridgehead atoms. The molecule has 3 rings (SSSR count). The van der Waals surface area contributed by atoms with Crippen molar-refractivity contribution in [1.82, 2.24) is 9.97 Å². The van der Waals surface area contributed by atoms with E-state index in [4.69, 9.17) is 0 Å². The zero-order valence-corrected chi connectivity index (χ0v) is 17.6. The normalized spacial score (nSPS) is 11.8. The number of benzene rings is 2. The molecule has 0 spiro atoms. The van der Waals surface area contributed by atoms with Crippen LogP contribution in [0, 0.1) is 20.8 Å². The number of aromatic nitrogens is 2. The van der Waals surface area contributed by atoms with E-state index in [0.717, 1.165) is 5.56 Å². The minimum atomic E-state index is -4.02. The quantitative estimate of drug-likeness (QED) is 0.578. The molecular formula is C19H18N4O4S2-2. The lowest BCUT2D eigenvalue weighted by Crippen LogP contribution is -2.00. The second-order valence-electron chi connectivity index (χ2n) is 6.35. The molecule has 0 radical (unpaired) electrons. The highest BCUT2D eigenvalue weighted by atomic mass is 32.2. The molecule has 3 aromatic rings.